The minimum absolute atomic E-state index is 0.0280. The normalized spacial score (nSPS) is 10.1. The minimum Gasteiger partial charge on any atom is -0.315 e. The van der Waals surface area contributed by atoms with Crippen molar-refractivity contribution >= 4 is 11.9 Å². The summed E-state index contributed by atoms with van der Waals surface area (Å²) in [5.41, 5.74) is 0.128. The molecule has 0 radical (unpaired) electrons. The molecule has 0 spiro atoms. The number of nitrogens with zero attached hydrogens (tertiary/aromatic N) is 3. The van der Waals surface area contributed by atoms with Gasteiger partial charge in [-0.3, -0.25) is 10.1 Å². The third-order valence-corrected chi connectivity index (χ3v) is 1.74. The smallest absolute Gasteiger partial charge is 0.315 e. The summed E-state index contributed by atoms with van der Waals surface area (Å²) in [6.45, 7) is 1.62. The number of aryl methyl sites for hydroxylation is 1. The largest absolute Gasteiger partial charge is 0.328 e. The van der Waals surface area contributed by atoms with Gasteiger partial charge in [-0.2, -0.15) is 9.37 Å². The van der Waals surface area contributed by atoms with Gasteiger partial charge in [-0.1, -0.05) is 5.16 Å². The summed E-state index contributed by atoms with van der Waals surface area (Å²) in [4.78, 5) is 18.7. The summed E-state index contributed by atoms with van der Waals surface area (Å²) in [7, 11) is 0. The molecule has 0 bridgehead atoms. The molecular weight excluding hydrogens is 215 g/mol. The summed E-state index contributed by atoms with van der Waals surface area (Å²) in [6.07, 6.45) is 1.20. The molecule has 2 aromatic heterocycles. The van der Waals surface area contributed by atoms with Crippen LogP contribution in [0.5, 0.6) is 0 Å². The number of anilines is 1. The van der Waals surface area contributed by atoms with E-state index < -0.39 is 11.9 Å². The third-order valence-electron chi connectivity index (χ3n) is 1.74. The molecule has 0 aliphatic heterocycles. The van der Waals surface area contributed by atoms with E-state index >= 15 is 0 Å². The van der Waals surface area contributed by atoms with Crippen molar-refractivity contribution in [3.63, 3.8) is 0 Å². The molecule has 6 nitrogen and oxygen atoms in total. The van der Waals surface area contributed by atoms with Gasteiger partial charge in [-0.25, -0.2) is 4.98 Å². The van der Waals surface area contributed by atoms with Gasteiger partial charge in [0.2, 0.25) is 5.95 Å². The second kappa shape index (κ2) is 4.05. The van der Waals surface area contributed by atoms with E-state index in [9.17, 15) is 9.18 Å². The van der Waals surface area contributed by atoms with E-state index in [1.807, 2.05) is 0 Å². The third kappa shape index (κ3) is 2.19. The van der Waals surface area contributed by atoms with Crippen LogP contribution in [0, 0.1) is 12.9 Å². The van der Waals surface area contributed by atoms with Crippen molar-refractivity contribution in [3.05, 3.63) is 35.7 Å². The van der Waals surface area contributed by atoms with Crippen LogP contribution in [0.4, 0.5) is 10.4 Å². The van der Waals surface area contributed by atoms with Crippen LogP contribution in [-0.2, 0) is 0 Å². The molecular formula is C9H7FN4O2. The zero-order valence-electron chi connectivity index (χ0n) is 8.27. The van der Waals surface area contributed by atoms with Gasteiger partial charge < -0.3 is 4.52 Å². The minimum atomic E-state index is -0.727. The molecule has 1 N–H and O–H groups in total. The number of hydrogen-bond acceptors (Lipinski definition) is 5. The van der Waals surface area contributed by atoms with E-state index in [2.05, 4.69) is 25.0 Å². The highest BCUT2D eigenvalue weighted by molar-refractivity contribution is 6.02. The van der Waals surface area contributed by atoms with Gasteiger partial charge in [0.1, 0.15) is 0 Å². The molecule has 0 aliphatic rings. The fourth-order valence-corrected chi connectivity index (χ4v) is 1.06. The summed E-state index contributed by atoms with van der Waals surface area (Å²) in [6, 6.07) is 2.36. The number of rotatable bonds is 2. The molecule has 7 heteroatoms. The number of nitrogens with one attached hydrogen (secondary N) is 1. The Hall–Kier alpha value is -2.31. The van der Waals surface area contributed by atoms with Gasteiger partial charge in [-0.05, 0) is 13.0 Å². The quantitative estimate of drug-likeness (QED) is 0.771. The number of aromatic nitrogens is 3. The van der Waals surface area contributed by atoms with Gasteiger partial charge >= 0.3 is 6.01 Å². The molecule has 0 fully saturated rings. The van der Waals surface area contributed by atoms with Gasteiger partial charge in [0.25, 0.3) is 5.91 Å². The standard InChI is InChI=1S/C9H7FN4O2/c1-5-12-9(16-14-5)13-8(15)6-2-3-11-7(10)4-6/h2-4H,1H3,(H,12,13,14,15). The average molecular weight is 222 g/mol. The number of amides is 1. The molecule has 1 amide bonds. The van der Waals surface area contributed by atoms with Gasteiger partial charge in [0, 0.05) is 17.8 Å². The fourth-order valence-electron chi connectivity index (χ4n) is 1.06. The molecule has 16 heavy (non-hydrogen) atoms. The Morgan fingerprint density at radius 1 is 1.56 bits per heavy atom. The molecule has 0 unspecified atom stereocenters. The zero-order valence-corrected chi connectivity index (χ0v) is 8.27. The second-order valence-corrected chi connectivity index (χ2v) is 2.97. The van der Waals surface area contributed by atoms with E-state index in [1.165, 1.54) is 12.3 Å². The monoisotopic (exact) mass is 222 g/mol. The lowest BCUT2D eigenvalue weighted by molar-refractivity contribution is 0.102. The molecule has 0 aromatic carbocycles. The summed E-state index contributed by atoms with van der Waals surface area (Å²) in [5, 5.41) is 5.83. The maximum absolute atomic E-state index is 12.7. The SMILES string of the molecule is Cc1noc(NC(=O)c2ccnc(F)c2)n1. The zero-order chi connectivity index (χ0) is 11.5. The topological polar surface area (TPSA) is 80.9 Å². The Bertz CT molecular complexity index is 526. The van der Waals surface area contributed by atoms with Crippen LogP contribution >= 0.6 is 0 Å². The van der Waals surface area contributed by atoms with E-state index in [1.54, 1.807) is 6.92 Å². The number of pyridine rings is 1. The molecule has 82 valence electrons. The molecule has 0 saturated carbocycles. The summed E-state index contributed by atoms with van der Waals surface area (Å²) < 4.78 is 17.4. The van der Waals surface area contributed by atoms with E-state index in [0.717, 1.165) is 6.07 Å². The molecule has 2 rings (SSSR count). The van der Waals surface area contributed by atoms with Crippen molar-refractivity contribution in [1.29, 1.82) is 0 Å². The van der Waals surface area contributed by atoms with Crippen molar-refractivity contribution < 1.29 is 13.7 Å². The van der Waals surface area contributed by atoms with Crippen LogP contribution < -0.4 is 5.32 Å². The van der Waals surface area contributed by atoms with Crippen LogP contribution in [-0.4, -0.2) is 21.0 Å². The maximum Gasteiger partial charge on any atom is 0.328 e. The molecule has 2 aromatic rings. The van der Waals surface area contributed by atoms with Crippen LogP contribution in [0.3, 0.4) is 0 Å². The first kappa shape index (κ1) is 10.2. The predicted octanol–water partition coefficient (Wildman–Crippen LogP) is 1.16. The predicted molar refractivity (Wildman–Crippen MR) is 51.2 cm³/mol. The molecule has 2 heterocycles. The van der Waals surface area contributed by atoms with Crippen LogP contribution in [0.15, 0.2) is 22.9 Å². The van der Waals surface area contributed by atoms with Crippen molar-refractivity contribution in [2.45, 2.75) is 6.92 Å². The Morgan fingerprint density at radius 2 is 2.38 bits per heavy atom. The Kier molecular flexibility index (Phi) is 2.59. The molecule has 0 saturated heterocycles. The Labute approximate surface area is 89.5 Å². The summed E-state index contributed by atoms with van der Waals surface area (Å²) >= 11 is 0. The van der Waals surface area contributed by atoms with Crippen molar-refractivity contribution in [3.8, 4) is 0 Å². The Morgan fingerprint density at radius 3 is 3.00 bits per heavy atom. The van der Waals surface area contributed by atoms with Gasteiger partial charge in [0.15, 0.2) is 5.82 Å². The van der Waals surface area contributed by atoms with E-state index in [-0.39, 0.29) is 11.6 Å². The van der Waals surface area contributed by atoms with Crippen LogP contribution in [0.1, 0.15) is 16.2 Å². The summed E-state index contributed by atoms with van der Waals surface area (Å²) in [5.74, 6) is -0.865. The van der Waals surface area contributed by atoms with Gasteiger partial charge in [-0.15, -0.1) is 0 Å². The number of carbonyl (C=O) groups is 1. The van der Waals surface area contributed by atoms with Crippen molar-refractivity contribution in [1.82, 2.24) is 15.1 Å². The van der Waals surface area contributed by atoms with E-state index in [4.69, 9.17) is 0 Å². The first-order chi connectivity index (χ1) is 7.65. The number of carbonyl (C=O) groups excluding carboxylic acids is 1. The average Bonchev–Trinajstić information content (AvgIpc) is 2.64. The first-order valence-electron chi connectivity index (χ1n) is 4.38. The second-order valence-electron chi connectivity index (χ2n) is 2.97. The lowest BCUT2D eigenvalue weighted by Gasteiger charge is -1.99. The van der Waals surface area contributed by atoms with Gasteiger partial charge in [0.05, 0.1) is 0 Å². The number of halogens is 1. The molecule has 0 atom stereocenters. The maximum atomic E-state index is 12.7. The van der Waals surface area contributed by atoms with Crippen LogP contribution in [0.2, 0.25) is 0 Å². The van der Waals surface area contributed by atoms with Crippen molar-refractivity contribution in [2.75, 3.05) is 5.32 Å². The fraction of sp³-hybridized carbons (Fsp3) is 0.111. The highest BCUT2D eigenvalue weighted by Crippen LogP contribution is 2.06. The van der Waals surface area contributed by atoms with E-state index in [0.29, 0.717) is 5.82 Å². The molecule has 0 aliphatic carbocycles. The number of hydrogen-bond donors (Lipinski definition) is 1. The van der Waals surface area contributed by atoms with Crippen molar-refractivity contribution in [2.24, 2.45) is 0 Å². The highest BCUT2D eigenvalue weighted by Gasteiger charge is 2.10. The Balaban J connectivity index is 2.14. The van der Waals surface area contributed by atoms with Crippen LogP contribution in [0.25, 0.3) is 0 Å². The lowest BCUT2D eigenvalue weighted by atomic mass is 10.2. The lowest BCUT2D eigenvalue weighted by Crippen LogP contribution is -2.12. The highest BCUT2D eigenvalue weighted by atomic mass is 19.1. The first-order valence-corrected chi connectivity index (χ1v) is 4.38.